The lowest BCUT2D eigenvalue weighted by atomic mass is 10.2. The molecule has 2 aromatic rings. The Hall–Kier alpha value is -1.10. The molecule has 0 spiro atoms. The molecule has 0 unspecified atom stereocenters. The van der Waals surface area contributed by atoms with Crippen LogP contribution in [0.1, 0.15) is 10.4 Å². The summed E-state index contributed by atoms with van der Waals surface area (Å²) in [6.45, 7) is 0.442. The van der Waals surface area contributed by atoms with Gasteiger partial charge >= 0.3 is 0 Å². The van der Waals surface area contributed by atoms with Gasteiger partial charge in [0.15, 0.2) is 0 Å². The lowest BCUT2D eigenvalue weighted by Gasteiger charge is -2.07. The van der Waals surface area contributed by atoms with Crippen LogP contribution in [0.25, 0.3) is 0 Å². The van der Waals surface area contributed by atoms with Crippen LogP contribution < -0.4 is 4.74 Å². The Bertz CT molecular complexity index is 459. The maximum absolute atomic E-state index is 8.93. The summed E-state index contributed by atoms with van der Waals surface area (Å²) in [5, 5.41) is 9.44. The van der Waals surface area contributed by atoms with Crippen LogP contribution in [-0.4, -0.2) is 10.1 Å². The molecule has 0 aliphatic rings. The fourth-order valence-corrected chi connectivity index (χ4v) is 1.99. The van der Waals surface area contributed by atoms with Gasteiger partial charge in [-0.1, -0.05) is 17.7 Å². The monoisotopic (exact) mass is 255 g/mol. The van der Waals surface area contributed by atoms with E-state index in [-0.39, 0.29) is 6.61 Å². The predicted octanol–water partition coefficient (Wildman–Crippen LogP) is 2.87. The molecule has 3 nitrogen and oxygen atoms in total. The second-order valence-electron chi connectivity index (χ2n) is 3.18. The Labute approximate surface area is 102 Å². The van der Waals surface area contributed by atoms with E-state index in [1.165, 1.54) is 11.3 Å². The van der Waals surface area contributed by atoms with Crippen LogP contribution in [-0.2, 0) is 13.2 Å². The van der Waals surface area contributed by atoms with Crippen molar-refractivity contribution in [1.82, 2.24) is 4.98 Å². The van der Waals surface area contributed by atoms with Gasteiger partial charge in [-0.25, -0.2) is 0 Å². The minimum absolute atomic E-state index is 0.0190. The van der Waals surface area contributed by atoms with Gasteiger partial charge in [0.05, 0.1) is 22.0 Å². The fourth-order valence-electron chi connectivity index (χ4n) is 1.22. The van der Waals surface area contributed by atoms with E-state index in [9.17, 15) is 0 Å². The number of aliphatic hydroxyl groups excluding tert-OH is 1. The Kier molecular flexibility index (Phi) is 3.77. The third kappa shape index (κ3) is 2.72. The second kappa shape index (κ2) is 5.30. The summed E-state index contributed by atoms with van der Waals surface area (Å²) in [6.07, 6.45) is 1.76. The van der Waals surface area contributed by atoms with Crippen LogP contribution in [0.5, 0.6) is 5.75 Å². The molecular formula is C11H10ClNO2S. The van der Waals surface area contributed by atoms with Gasteiger partial charge in [0, 0.05) is 6.20 Å². The van der Waals surface area contributed by atoms with Gasteiger partial charge in [0.1, 0.15) is 12.4 Å². The van der Waals surface area contributed by atoms with Crippen LogP contribution in [0, 0.1) is 0 Å². The van der Waals surface area contributed by atoms with E-state index < -0.39 is 0 Å². The van der Waals surface area contributed by atoms with E-state index in [0.29, 0.717) is 17.4 Å². The van der Waals surface area contributed by atoms with Gasteiger partial charge in [-0.05, 0) is 17.7 Å². The zero-order chi connectivity index (χ0) is 11.4. The van der Waals surface area contributed by atoms with Crippen molar-refractivity contribution >= 4 is 22.9 Å². The molecule has 0 atom stereocenters. The molecule has 16 heavy (non-hydrogen) atoms. The lowest BCUT2D eigenvalue weighted by molar-refractivity contribution is 0.281. The normalized spacial score (nSPS) is 10.4. The third-order valence-corrected chi connectivity index (χ3v) is 3.08. The van der Waals surface area contributed by atoms with E-state index in [0.717, 1.165) is 10.4 Å². The highest BCUT2D eigenvalue weighted by Gasteiger charge is 2.03. The van der Waals surface area contributed by atoms with E-state index in [1.54, 1.807) is 29.9 Å². The average Bonchev–Trinajstić information content (AvgIpc) is 2.80. The molecule has 2 rings (SSSR count). The molecule has 0 bridgehead atoms. The number of hydrogen-bond acceptors (Lipinski definition) is 4. The molecular weight excluding hydrogens is 246 g/mol. The molecule has 0 saturated heterocycles. The van der Waals surface area contributed by atoms with Crippen molar-refractivity contribution in [1.29, 1.82) is 0 Å². The van der Waals surface area contributed by atoms with Crippen molar-refractivity contribution in [3.63, 3.8) is 0 Å². The van der Waals surface area contributed by atoms with Crippen LogP contribution >= 0.6 is 22.9 Å². The van der Waals surface area contributed by atoms with Crippen molar-refractivity contribution in [2.75, 3.05) is 0 Å². The lowest BCUT2D eigenvalue weighted by Crippen LogP contribution is -1.94. The van der Waals surface area contributed by atoms with E-state index in [2.05, 4.69) is 4.98 Å². The van der Waals surface area contributed by atoms with E-state index in [4.69, 9.17) is 21.4 Å². The zero-order valence-electron chi connectivity index (χ0n) is 8.39. The van der Waals surface area contributed by atoms with Crippen molar-refractivity contribution in [2.24, 2.45) is 0 Å². The molecule has 0 fully saturated rings. The van der Waals surface area contributed by atoms with Gasteiger partial charge in [-0.15, -0.1) is 11.3 Å². The summed E-state index contributed by atoms with van der Waals surface area (Å²) in [7, 11) is 0. The van der Waals surface area contributed by atoms with Gasteiger partial charge in [-0.2, -0.15) is 0 Å². The van der Waals surface area contributed by atoms with E-state index in [1.807, 2.05) is 0 Å². The minimum Gasteiger partial charge on any atom is -0.486 e. The molecule has 5 heteroatoms. The molecule has 0 aliphatic carbocycles. The molecule has 84 valence electrons. The van der Waals surface area contributed by atoms with Gasteiger partial charge < -0.3 is 9.84 Å². The fraction of sp³-hybridized carbons (Fsp3) is 0.182. The number of ether oxygens (including phenoxy) is 1. The first-order valence-electron chi connectivity index (χ1n) is 4.69. The number of hydrogen-bond donors (Lipinski definition) is 1. The van der Waals surface area contributed by atoms with Crippen LogP contribution in [0.3, 0.4) is 0 Å². The molecule has 1 aromatic heterocycles. The largest absolute Gasteiger partial charge is 0.486 e. The van der Waals surface area contributed by atoms with Crippen molar-refractivity contribution in [3.05, 3.63) is 45.4 Å². The van der Waals surface area contributed by atoms with Crippen molar-refractivity contribution in [2.45, 2.75) is 13.2 Å². The summed E-state index contributed by atoms with van der Waals surface area (Å²) in [5.41, 5.74) is 2.53. The second-order valence-corrected chi connectivity index (χ2v) is 4.56. The molecule has 0 radical (unpaired) electrons. The zero-order valence-corrected chi connectivity index (χ0v) is 9.96. The Morgan fingerprint density at radius 1 is 1.44 bits per heavy atom. The van der Waals surface area contributed by atoms with Crippen LogP contribution in [0.2, 0.25) is 5.02 Å². The highest BCUT2D eigenvalue weighted by Crippen LogP contribution is 2.26. The summed E-state index contributed by atoms with van der Waals surface area (Å²) in [5.74, 6) is 0.618. The standard InChI is InChI=1S/C11H10ClNO2S/c12-10-3-8(5-14)1-2-11(10)15-6-9-4-13-7-16-9/h1-4,7,14H,5-6H2. The number of halogens is 1. The first kappa shape index (κ1) is 11.4. The summed E-state index contributed by atoms with van der Waals surface area (Å²) < 4.78 is 5.54. The van der Waals surface area contributed by atoms with Crippen molar-refractivity contribution < 1.29 is 9.84 Å². The third-order valence-electron chi connectivity index (χ3n) is 2.03. The number of rotatable bonds is 4. The first-order chi connectivity index (χ1) is 7.79. The highest BCUT2D eigenvalue weighted by molar-refractivity contribution is 7.09. The SMILES string of the molecule is OCc1ccc(OCc2cncs2)c(Cl)c1. The maximum Gasteiger partial charge on any atom is 0.138 e. The highest BCUT2D eigenvalue weighted by atomic mass is 35.5. The average molecular weight is 256 g/mol. The molecule has 1 heterocycles. The minimum atomic E-state index is -0.0190. The van der Waals surface area contributed by atoms with Crippen LogP contribution in [0.4, 0.5) is 0 Å². The first-order valence-corrected chi connectivity index (χ1v) is 5.95. The molecule has 1 aromatic carbocycles. The smallest absolute Gasteiger partial charge is 0.138 e. The van der Waals surface area contributed by atoms with Crippen molar-refractivity contribution in [3.8, 4) is 5.75 Å². The molecule has 0 aliphatic heterocycles. The van der Waals surface area contributed by atoms with Gasteiger partial charge in [0.25, 0.3) is 0 Å². The topological polar surface area (TPSA) is 42.4 Å². The van der Waals surface area contributed by atoms with Crippen LogP contribution in [0.15, 0.2) is 29.9 Å². The van der Waals surface area contributed by atoms with Gasteiger partial charge in [0.2, 0.25) is 0 Å². The number of nitrogens with zero attached hydrogens (tertiary/aromatic N) is 1. The summed E-state index contributed by atoms with van der Waals surface area (Å²) in [4.78, 5) is 5.00. The van der Waals surface area contributed by atoms with Gasteiger partial charge in [-0.3, -0.25) is 4.98 Å². The Balaban J connectivity index is 2.04. The summed E-state index contributed by atoms with van der Waals surface area (Å²) in [6, 6.07) is 5.24. The number of benzene rings is 1. The molecule has 0 amide bonds. The summed E-state index contributed by atoms with van der Waals surface area (Å²) >= 11 is 7.54. The Morgan fingerprint density at radius 3 is 2.94 bits per heavy atom. The number of aliphatic hydroxyl groups is 1. The number of aromatic nitrogens is 1. The molecule has 0 saturated carbocycles. The van der Waals surface area contributed by atoms with E-state index >= 15 is 0 Å². The molecule has 1 N–H and O–H groups in total. The number of thiazole rings is 1. The predicted molar refractivity (Wildman–Crippen MR) is 63.8 cm³/mol. The maximum atomic E-state index is 8.93. The Morgan fingerprint density at radius 2 is 2.31 bits per heavy atom. The quantitative estimate of drug-likeness (QED) is 0.914.